The average molecular weight is 483 g/mol. The first-order valence-electron chi connectivity index (χ1n) is 10.8. The first-order chi connectivity index (χ1) is 15.7. The van der Waals surface area contributed by atoms with Gasteiger partial charge >= 0.3 is 6.18 Å². The van der Waals surface area contributed by atoms with Gasteiger partial charge in [0.25, 0.3) is 0 Å². The van der Waals surface area contributed by atoms with Crippen molar-refractivity contribution >= 4 is 18.2 Å². The van der Waals surface area contributed by atoms with E-state index in [0.29, 0.717) is 5.92 Å². The van der Waals surface area contributed by atoms with Gasteiger partial charge in [0.05, 0.1) is 11.9 Å². The van der Waals surface area contributed by atoms with Crippen LogP contribution >= 0.6 is 11.8 Å². The molecular formula is C24H29F3N2O3S. The summed E-state index contributed by atoms with van der Waals surface area (Å²) in [5.74, 6) is 1.44. The van der Waals surface area contributed by atoms with Crippen molar-refractivity contribution < 1.29 is 27.4 Å². The second-order valence-electron chi connectivity index (χ2n) is 8.16. The molecule has 0 radical (unpaired) electrons. The van der Waals surface area contributed by atoms with Gasteiger partial charge in [-0.2, -0.15) is 13.2 Å². The smallest absolute Gasteiger partial charge is 0.414 e. The van der Waals surface area contributed by atoms with Crippen LogP contribution in [0.1, 0.15) is 25.3 Å². The summed E-state index contributed by atoms with van der Waals surface area (Å²) in [6.07, 6.45) is 2.25. The van der Waals surface area contributed by atoms with E-state index < -0.39 is 12.3 Å². The minimum Gasteiger partial charge on any atom is -0.488 e. The molecule has 1 amide bonds. The van der Waals surface area contributed by atoms with Crippen LogP contribution in [0.5, 0.6) is 5.75 Å². The normalized spacial score (nSPS) is 19.2. The summed E-state index contributed by atoms with van der Waals surface area (Å²) >= 11 is 1.74. The Hall–Kier alpha value is -2.26. The second kappa shape index (κ2) is 11.2. The van der Waals surface area contributed by atoms with Crippen molar-refractivity contribution in [3.63, 3.8) is 0 Å². The number of thioether (sulfide) groups is 1. The van der Waals surface area contributed by atoms with Crippen LogP contribution in [-0.2, 0) is 16.0 Å². The van der Waals surface area contributed by atoms with Gasteiger partial charge in [-0.25, -0.2) is 0 Å². The van der Waals surface area contributed by atoms with E-state index in [0.717, 1.165) is 69.8 Å². The van der Waals surface area contributed by atoms with Gasteiger partial charge in [-0.15, -0.1) is 11.8 Å². The molecule has 1 saturated heterocycles. The lowest BCUT2D eigenvalue weighted by atomic mass is 9.89. The Morgan fingerprint density at radius 3 is 2.42 bits per heavy atom. The molecule has 9 heteroatoms. The highest BCUT2D eigenvalue weighted by Crippen LogP contribution is 2.36. The maximum Gasteiger partial charge on any atom is 0.414 e. The molecule has 0 bridgehead atoms. The zero-order chi connectivity index (χ0) is 24.0. The van der Waals surface area contributed by atoms with Crippen LogP contribution in [-0.4, -0.2) is 61.1 Å². The van der Waals surface area contributed by atoms with Crippen molar-refractivity contribution in [3.8, 4) is 17.0 Å². The Balaban J connectivity index is 0.000000331. The number of nitrogens with zero attached hydrogens (tertiary/aromatic N) is 2. The van der Waals surface area contributed by atoms with Gasteiger partial charge in [0.15, 0.2) is 0 Å². The van der Waals surface area contributed by atoms with E-state index in [1.165, 1.54) is 10.5 Å². The minimum absolute atomic E-state index is 0.222. The summed E-state index contributed by atoms with van der Waals surface area (Å²) in [4.78, 5) is 18.6. The van der Waals surface area contributed by atoms with Crippen molar-refractivity contribution in [2.75, 3.05) is 26.5 Å². The Labute approximate surface area is 196 Å². The Kier molecular flexibility index (Phi) is 8.64. The molecule has 2 atom stereocenters. The van der Waals surface area contributed by atoms with Gasteiger partial charge in [0.2, 0.25) is 6.41 Å². The molecule has 1 aromatic carbocycles. The van der Waals surface area contributed by atoms with Crippen molar-refractivity contribution in [3.05, 3.63) is 42.1 Å². The molecule has 5 nitrogen and oxygen atoms in total. The largest absolute Gasteiger partial charge is 0.488 e. The number of benzene rings is 1. The van der Waals surface area contributed by atoms with Crippen LogP contribution < -0.4 is 4.74 Å². The number of rotatable bonds is 5. The lowest BCUT2D eigenvalue weighted by molar-refractivity contribution is -0.206. The van der Waals surface area contributed by atoms with Gasteiger partial charge in [-0.1, -0.05) is 12.1 Å². The molecule has 1 aromatic heterocycles. The van der Waals surface area contributed by atoms with E-state index in [9.17, 15) is 18.0 Å². The quantitative estimate of drug-likeness (QED) is 0.432. The van der Waals surface area contributed by atoms with Crippen molar-refractivity contribution in [1.29, 1.82) is 0 Å². The fraction of sp³-hybridized carbons (Fsp3) is 0.500. The lowest BCUT2D eigenvalue weighted by Gasteiger charge is -2.32. The number of alkyl halides is 3. The first kappa shape index (κ1) is 25.4. The third-order valence-electron chi connectivity index (χ3n) is 6.10. The molecule has 2 aliphatic rings. The van der Waals surface area contributed by atoms with Crippen LogP contribution in [0.25, 0.3) is 11.3 Å². The number of carbonyl (C=O) groups excluding carboxylic acids is 1. The summed E-state index contributed by atoms with van der Waals surface area (Å²) in [6, 6.07) is 10.7. The fourth-order valence-corrected chi connectivity index (χ4v) is 4.29. The summed E-state index contributed by atoms with van der Waals surface area (Å²) in [7, 11) is 1.03. The molecule has 0 aliphatic carbocycles. The van der Waals surface area contributed by atoms with Gasteiger partial charge in [0.1, 0.15) is 18.0 Å². The molecule has 180 valence electrons. The van der Waals surface area contributed by atoms with Crippen molar-refractivity contribution in [2.45, 2.75) is 49.5 Å². The highest BCUT2D eigenvalue weighted by Gasteiger charge is 2.36. The van der Waals surface area contributed by atoms with Gasteiger partial charge in [-0.3, -0.25) is 9.78 Å². The van der Waals surface area contributed by atoms with E-state index in [1.54, 1.807) is 11.8 Å². The van der Waals surface area contributed by atoms with E-state index in [4.69, 9.17) is 4.74 Å². The fourth-order valence-electron chi connectivity index (χ4n) is 3.88. The highest BCUT2D eigenvalue weighted by molar-refractivity contribution is 7.98. The second-order valence-corrected chi connectivity index (χ2v) is 9.04. The van der Waals surface area contributed by atoms with Crippen molar-refractivity contribution in [1.82, 2.24) is 9.88 Å². The molecule has 0 spiro atoms. The van der Waals surface area contributed by atoms with Crippen LogP contribution in [0.3, 0.4) is 0 Å². The zero-order valence-corrected chi connectivity index (χ0v) is 19.8. The number of methoxy groups -OCH3 is 1. The number of hydrogen-bond acceptors (Lipinski definition) is 5. The summed E-state index contributed by atoms with van der Waals surface area (Å²) in [6.45, 7) is 2.64. The average Bonchev–Trinajstić information content (AvgIpc) is 3.27. The van der Waals surface area contributed by atoms with E-state index in [-0.39, 0.29) is 6.10 Å². The number of carbonyl (C=O) groups is 1. The Morgan fingerprint density at radius 2 is 1.91 bits per heavy atom. The number of fused-ring (bicyclic) bond motifs is 1. The molecule has 0 saturated carbocycles. The third kappa shape index (κ3) is 6.63. The Morgan fingerprint density at radius 1 is 1.24 bits per heavy atom. The number of hydrogen-bond donors (Lipinski definition) is 0. The molecule has 1 fully saturated rings. The van der Waals surface area contributed by atoms with Gasteiger partial charge < -0.3 is 14.4 Å². The maximum atomic E-state index is 11.3. The molecular weight excluding hydrogens is 453 g/mol. The Bertz CT molecular complexity index is 916. The summed E-state index contributed by atoms with van der Waals surface area (Å²) in [5, 5.41) is 0. The number of ether oxygens (including phenoxy) is 2. The molecule has 2 unspecified atom stereocenters. The van der Waals surface area contributed by atoms with Gasteiger partial charge in [0, 0.05) is 42.6 Å². The number of pyridine rings is 1. The lowest BCUT2D eigenvalue weighted by Crippen LogP contribution is -2.38. The SMILES string of the molecule is COC(C)C(F)(F)F.CSc1ccc(-c2cc3c(cn2)OC(C2CCN(C=O)CC2)C3)cc1. The zero-order valence-electron chi connectivity index (χ0n) is 19.0. The number of piperidine rings is 1. The standard InChI is InChI=1S/C20H22N2O2S.C4H7F3O/c1-25-17-4-2-14(3-5-17)18-10-16-11-19(24-20(16)12-21-18)15-6-8-22(13-23)9-7-15;1-3(8-2)4(5,6)7/h2-5,10,12-13,15,19H,6-9,11H2,1H3;3H,1-2H3. The van der Waals surface area contributed by atoms with Crippen LogP contribution in [0.15, 0.2) is 41.4 Å². The van der Waals surface area contributed by atoms with Gasteiger partial charge in [-0.05, 0) is 50.1 Å². The maximum absolute atomic E-state index is 11.3. The minimum atomic E-state index is -4.21. The van der Waals surface area contributed by atoms with Crippen LogP contribution in [0.4, 0.5) is 13.2 Å². The highest BCUT2D eigenvalue weighted by atomic mass is 32.2. The van der Waals surface area contributed by atoms with E-state index in [1.807, 2.05) is 11.1 Å². The molecule has 2 aliphatic heterocycles. The number of aromatic nitrogens is 1. The topological polar surface area (TPSA) is 51.7 Å². The monoisotopic (exact) mass is 482 g/mol. The first-order valence-corrected chi connectivity index (χ1v) is 12.1. The summed E-state index contributed by atoms with van der Waals surface area (Å²) in [5.41, 5.74) is 3.40. The molecule has 3 heterocycles. The molecule has 33 heavy (non-hydrogen) atoms. The van der Waals surface area contributed by atoms with Crippen LogP contribution in [0, 0.1) is 5.92 Å². The van der Waals surface area contributed by atoms with Crippen LogP contribution in [0.2, 0.25) is 0 Å². The molecule has 0 N–H and O–H groups in total. The number of likely N-dealkylation sites (tertiary alicyclic amines) is 1. The predicted molar refractivity (Wildman–Crippen MR) is 122 cm³/mol. The number of halogens is 3. The van der Waals surface area contributed by atoms with E-state index in [2.05, 4.69) is 46.3 Å². The molecule has 4 rings (SSSR count). The summed E-state index contributed by atoms with van der Waals surface area (Å²) < 4.78 is 44.1. The predicted octanol–water partition coefficient (Wildman–Crippen LogP) is 5.23. The van der Waals surface area contributed by atoms with E-state index >= 15 is 0 Å². The number of amides is 1. The molecule has 2 aromatic rings. The van der Waals surface area contributed by atoms with Crippen molar-refractivity contribution in [2.24, 2.45) is 5.92 Å². The third-order valence-corrected chi connectivity index (χ3v) is 6.84.